The SMILES string of the molecule is CC(=O)[C@H](O)[C@@H](O)[C@H](O)[C@H](O)COS(=O)(=O)c1ccc(C)cc1. The topological polar surface area (TPSA) is 141 Å². The maximum Gasteiger partial charge on any atom is 0.297 e. The Morgan fingerprint density at radius 3 is 2.09 bits per heavy atom. The van der Waals surface area contributed by atoms with E-state index in [1.807, 2.05) is 0 Å². The van der Waals surface area contributed by atoms with E-state index < -0.39 is 46.9 Å². The van der Waals surface area contributed by atoms with Crippen molar-refractivity contribution in [3.8, 4) is 0 Å². The summed E-state index contributed by atoms with van der Waals surface area (Å²) in [5.74, 6) is -0.808. The number of benzene rings is 1. The summed E-state index contributed by atoms with van der Waals surface area (Å²) in [7, 11) is -4.15. The molecule has 4 N–H and O–H groups in total. The summed E-state index contributed by atoms with van der Waals surface area (Å²) >= 11 is 0. The van der Waals surface area contributed by atoms with E-state index in [4.69, 9.17) is 0 Å². The molecule has 1 aromatic carbocycles. The number of ketones is 1. The second-order valence-electron chi connectivity index (χ2n) is 5.16. The van der Waals surface area contributed by atoms with Gasteiger partial charge in [-0.25, -0.2) is 0 Å². The van der Waals surface area contributed by atoms with Gasteiger partial charge in [0.25, 0.3) is 10.1 Å². The molecule has 0 aliphatic carbocycles. The highest BCUT2D eigenvalue weighted by Gasteiger charge is 2.33. The van der Waals surface area contributed by atoms with Gasteiger partial charge in [-0.2, -0.15) is 8.42 Å². The van der Waals surface area contributed by atoms with Crippen LogP contribution in [0.3, 0.4) is 0 Å². The molecule has 0 fully saturated rings. The fourth-order valence-electron chi connectivity index (χ4n) is 1.69. The minimum absolute atomic E-state index is 0.130. The smallest absolute Gasteiger partial charge is 0.297 e. The fourth-order valence-corrected chi connectivity index (χ4v) is 2.61. The maximum absolute atomic E-state index is 11.9. The zero-order chi connectivity index (χ0) is 17.8. The third kappa shape index (κ3) is 5.34. The molecule has 4 atom stereocenters. The van der Waals surface area contributed by atoms with Gasteiger partial charge in [-0.05, 0) is 26.0 Å². The molecule has 23 heavy (non-hydrogen) atoms. The zero-order valence-corrected chi connectivity index (χ0v) is 13.5. The Morgan fingerprint density at radius 1 is 1.09 bits per heavy atom. The number of hydrogen-bond acceptors (Lipinski definition) is 8. The lowest BCUT2D eigenvalue weighted by molar-refractivity contribution is -0.144. The number of carbonyl (C=O) groups excluding carboxylic acids is 1. The van der Waals surface area contributed by atoms with Gasteiger partial charge in [-0.15, -0.1) is 0 Å². The molecular formula is C14H20O8S. The van der Waals surface area contributed by atoms with Gasteiger partial charge in [0.15, 0.2) is 5.78 Å². The van der Waals surface area contributed by atoms with E-state index >= 15 is 0 Å². The van der Waals surface area contributed by atoms with Gasteiger partial charge in [-0.1, -0.05) is 17.7 Å². The van der Waals surface area contributed by atoms with Crippen molar-refractivity contribution in [3.05, 3.63) is 29.8 Å². The first-order chi connectivity index (χ1) is 10.6. The average Bonchev–Trinajstić information content (AvgIpc) is 2.50. The van der Waals surface area contributed by atoms with Gasteiger partial charge in [0.1, 0.15) is 24.4 Å². The summed E-state index contributed by atoms with van der Waals surface area (Å²) in [4.78, 5) is 10.8. The number of hydrogen-bond donors (Lipinski definition) is 4. The summed E-state index contributed by atoms with van der Waals surface area (Å²) in [6.07, 6.45) is -7.64. The molecule has 0 unspecified atom stereocenters. The minimum Gasteiger partial charge on any atom is -0.388 e. The summed E-state index contributed by atoms with van der Waals surface area (Å²) in [6.45, 7) is 1.92. The largest absolute Gasteiger partial charge is 0.388 e. The van der Waals surface area contributed by atoms with Crippen molar-refractivity contribution >= 4 is 15.9 Å². The highest BCUT2D eigenvalue weighted by atomic mass is 32.2. The van der Waals surface area contributed by atoms with Gasteiger partial charge >= 0.3 is 0 Å². The third-order valence-corrected chi connectivity index (χ3v) is 4.48. The van der Waals surface area contributed by atoms with Crippen LogP contribution in [0.15, 0.2) is 29.2 Å². The number of carbonyl (C=O) groups is 1. The van der Waals surface area contributed by atoms with E-state index in [1.165, 1.54) is 12.1 Å². The quantitative estimate of drug-likeness (QED) is 0.426. The average molecular weight is 348 g/mol. The lowest BCUT2D eigenvalue weighted by Crippen LogP contribution is -2.48. The van der Waals surface area contributed by atoms with Gasteiger partial charge in [0, 0.05) is 0 Å². The second kappa shape index (κ2) is 7.95. The molecule has 0 aliphatic rings. The Balaban J connectivity index is 2.69. The van der Waals surface area contributed by atoms with Crippen molar-refractivity contribution in [2.45, 2.75) is 43.2 Å². The molecule has 0 radical (unpaired) electrons. The highest BCUT2D eigenvalue weighted by Crippen LogP contribution is 2.15. The van der Waals surface area contributed by atoms with E-state index in [0.29, 0.717) is 0 Å². The predicted molar refractivity (Wildman–Crippen MR) is 79.0 cm³/mol. The standard InChI is InChI=1S/C14H20O8S/c1-8-3-5-10(6-4-8)23(20,21)22-7-11(16)13(18)14(19)12(17)9(2)15/h3-6,11-14,16-19H,7H2,1-2H3/t11-,12+,13-,14-/m1/s1. The first kappa shape index (κ1) is 19.7. The van der Waals surface area contributed by atoms with E-state index in [1.54, 1.807) is 19.1 Å². The van der Waals surface area contributed by atoms with Crippen molar-refractivity contribution in [2.24, 2.45) is 0 Å². The molecule has 0 spiro atoms. The Morgan fingerprint density at radius 2 is 1.61 bits per heavy atom. The molecule has 0 bridgehead atoms. The van der Waals surface area contributed by atoms with Crippen LogP contribution in [0.5, 0.6) is 0 Å². The first-order valence-corrected chi connectivity index (χ1v) is 8.16. The molecular weight excluding hydrogens is 328 g/mol. The molecule has 0 heterocycles. The maximum atomic E-state index is 11.9. The van der Waals surface area contributed by atoms with Crippen LogP contribution >= 0.6 is 0 Å². The summed E-state index contributed by atoms with van der Waals surface area (Å²) < 4.78 is 28.4. The van der Waals surface area contributed by atoms with Crippen LogP contribution in [0, 0.1) is 6.92 Å². The van der Waals surface area contributed by atoms with E-state index in [0.717, 1.165) is 12.5 Å². The summed E-state index contributed by atoms with van der Waals surface area (Å²) in [5, 5.41) is 38.1. The molecule has 0 amide bonds. The van der Waals surface area contributed by atoms with E-state index in [-0.39, 0.29) is 4.90 Å². The van der Waals surface area contributed by atoms with Crippen molar-refractivity contribution in [3.63, 3.8) is 0 Å². The molecule has 0 aliphatic heterocycles. The normalized spacial score (nSPS) is 17.3. The predicted octanol–water partition coefficient (Wildman–Crippen LogP) is -1.27. The van der Waals surface area contributed by atoms with Crippen LogP contribution in [0.4, 0.5) is 0 Å². The van der Waals surface area contributed by atoms with Crippen LogP contribution in [-0.2, 0) is 19.1 Å². The van der Waals surface area contributed by atoms with Crippen LogP contribution < -0.4 is 0 Å². The van der Waals surface area contributed by atoms with Crippen molar-refractivity contribution in [1.82, 2.24) is 0 Å². The Labute approximate surface area is 134 Å². The second-order valence-corrected chi connectivity index (χ2v) is 6.77. The highest BCUT2D eigenvalue weighted by molar-refractivity contribution is 7.86. The fraction of sp³-hybridized carbons (Fsp3) is 0.500. The molecule has 0 saturated carbocycles. The first-order valence-electron chi connectivity index (χ1n) is 6.75. The molecule has 8 nitrogen and oxygen atoms in total. The van der Waals surface area contributed by atoms with E-state index in [2.05, 4.69) is 4.18 Å². The Bertz CT molecular complexity index is 625. The number of Topliss-reactive ketones (excluding diaryl/α,β-unsaturated/α-hetero) is 1. The summed E-state index contributed by atoms with van der Waals surface area (Å²) in [6, 6.07) is 5.77. The van der Waals surface area contributed by atoms with Crippen molar-refractivity contribution < 1.29 is 37.8 Å². The monoisotopic (exact) mass is 348 g/mol. The van der Waals surface area contributed by atoms with Crippen LogP contribution in [-0.4, -0.2) is 65.6 Å². The van der Waals surface area contributed by atoms with Crippen molar-refractivity contribution in [2.75, 3.05) is 6.61 Å². The number of aliphatic hydroxyl groups is 4. The zero-order valence-electron chi connectivity index (χ0n) is 12.7. The van der Waals surface area contributed by atoms with Gasteiger partial charge in [0.2, 0.25) is 0 Å². The summed E-state index contributed by atoms with van der Waals surface area (Å²) in [5.41, 5.74) is 0.848. The number of aliphatic hydroxyl groups excluding tert-OH is 4. The van der Waals surface area contributed by atoms with Gasteiger partial charge < -0.3 is 20.4 Å². The third-order valence-electron chi connectivity index (χ3n) is 3.19. The molecule has 1 rings (SSSR count). The molecule has 1 aromatic rings. The van der Waals surface area contributed by atoms with Crippen molar-refractivity contribution in [1.29, 1.82) is 0 Å². The lowest BCUT2D eigenvalue weighted by Gasteiger charge is -2.25. The minimum atomic E-state index is -4.15. The molecule has 0 aromatic heterocycles. The van der Waals surface area contributed by atoms with Crippen LogP contribution in [0.2, 0.25) is 0 Å². The molecule has 130 valence electrons. The molecule has 9 heteroatoms. The molecule has 0 saturated heterocycles. The number of rotatable bonds is 8. The lowest BCUT2D eigenvalue weighted by atomic mass is 10.0. The Hall–Kier alpha value is -1.36. The Kier molecular flexibility index (Phi) is 6.81. The number of aryl methyl sites for hydroxylation is 1. The van der Waals surface area contributed by atoms with Crippen LogP contribution in [0.25, 0.3) is 0 Å². The van der Waals surface area contributed by atoms with E-state index in [9.17, 15) is 33.6 Å². The van der Waals surface area contributed by atoms with Crippen LogP contribution in [0.1, 0.15) is 12.5 Å². The van der Waals surface area contributed by atoms with Gasteiger partial charge in [0.05, 0.1) is 11.5 Å². The van der Waals surface area contributed by atoms with Gasteiger partial charge in [-0.3, -0.25) is 8.98 Å².